The molecule has 0 aromatic heterocycles. The summed E-state index contributed by atoms with van der Waals surface area (Å²) in [7, 11) is 1.29. The fourth-order valence-electron chi connectivity index (χ4n) is 1.23. The average Bonchev–Trinajstić information content (AvgIpc) is 2.42. The number of ether oxygens (including phenoxy) is 1. The van der Waals surface area contributed by atoms with Crippen LogP contribution in [0.4, 0.5) is 13.6 Å². The van der Waals surface area contributed by atoms with Crippen LogP contribution in [0.15, 0.2) is 12.1 Å². The van der Waals surface area contributed by atoms with Gasteiger partial charge in [0.25, 0.3) is 5.91 Å². The van der Waals surface area contributed by atoms with Crippen LogP contribution in [0.5, 0.6) is 0 Å². The summed E-state index contributed by atoms with van der Waals surface area (Å²) >= 11 is 5.59. The van der Waals surface area contributed by atoms with Gasteiger partial charge in [-0.1, -0.05) is 11.6 Å². The van der Waals surface area contributed by atoms with E-state index in [0.717, 1.165) is 0 Å². The Bertz CT molecular complexity index is 595. The maximum absolute atomic E-state index is 13.1. The maximum atomic E-state index is 13.1. The summed E-state index contributed by atoms with van der Waals surface area (Å²) in [6.07, 6.45) is -1.33. The third-order valence-electron chi connectivity index (χ3n) is 2.35. The minimum Gasteiger partial charge on any atom is -0.449 e. The van der Waals surface area contributed by atoms with Crippen molar-refractivity contribution in [3.63, 3.8) is 0 Å². The number of halogens is 3. The summed E-state index contributed by atoms with van der Waals surface area (Å²) in [5.74, 6) is -4.52. The number of benzene rings is 1. The van der Waals surface area contributed by atoms with Crippen molar-refractivity contribution in [1.82, 2.24) is 10.6 Å². The highest BCUT2D eigenvalue weighted by atomic mass is 35.5. The zero-order valence-electron chi connectivity index (χ0n) is 11.0. The lowest BCUT2D eigenvalue weighted by molar-refractivity contribution is -0.127. The van der Waals surface area contributed by atoms with Crippen LogP contribution in [0, 0.1) is 11.6 Å². The third-order valence-corrected chi connectivity index (χ3v) is 2.66. The highest BCUT2D eigenvalue weighted by Crippen LogP contribution is 2.21. The molecule has 0 saturated carbocycles. The molecule has 0 spiro atoms. The van der Waals surface area contributed by atoms with Gasteiger partial charge in [-0.2, -0.15) is 0 Å². The highest BCUT2D eigenvalue weighted by Gasteiger charge is 2.23. The lowest BCUT2D eigenvalue weighted by Crippen LogP contribution is -2.43. The van der Waals surface area contributed by atoms with Gasteiger partial charge in [0, 0.05) is 7.05 Å². The zero-order valence-corrected chi connectivity index (χ0v) is 11.8. The molecule has 0 radical (unpaired) electrons. The van der Waals surface area contributed by atoms with E-state index < -0.39 is 41.2 Å². The molecule has 0 saturated heterocycles. The highest BCUT2D eigenvalue weighted by molar-refractivity contribution is 6.33. The average molecular weight is 321 g/mol. The van der Waals surface area contributed by atoms with E-state index in [1.807, 2.05) is 5.32 Å². The molecular formula is C12H11ClF2N2O4. The van der Waals surface area contributed by atoms with E-state index in [9.17, 15) is 23.2 Å². The number of nitrogens with one attached hydrogen (secondary N) is 2. The molecule has 0 unspecified atom stereocenters. The van der Waals surface area contributed by atoms with Gasteiger partial charge in [0.05, 0.1) is 10.6 Å². The van der Waals surface area contributed by atoms with E-state index in [0.29, 0.717) is 12.1 Å². The maximum Gasteiger partial charge on any atom is 0.340 e. The van der Waals surface area contributed by atoms with Crippen LogP contribution in [0.3, 0.4) is 0 Å². The number of carbonyl (C=O) groups excluding carboxylic acids is 3. The Balaban J connectivity index is 2.79. The minimum atomic E-state index is -1.33. The normalized spacial score (nSPS) is 11.5. The molecule has 0 aliphatic rings. The van der Waals surface area contributed by atoms with E-state index in [1.54, 1.807) is 0 Å². The van der Waals surface area contributed by atoms with Crippen molar-refractivity contribution in [2.75, 3.05) is 7.05 Å². The van der Waals surface area contributed by atoms with Gasteiger partial charge >= 0.3 is 12.0 Å². The van der Waals surface area contributed by atoms with Gasteiger partial charge in [-0.25, -0.2) is 18.4 Å². The number of carbonyl (C=O) groups is 3. The summed E-state index contributed by atoms with van der Waals surface area (Å²) in [6, 6.07) is 0.389. The SMILES string of the molecule is CNC(=O)NC(=O)[C@@H](C)OC(=O)c1cc(F)c(F)cc1Cl. The van der Waals surface area contributed by atoms with Gasteiger partial charge in [0.2, 0.25) is 0 Å². The first kappa shape index (κ1) is 16.8. The van der Waals surface area contributed by atoms with Gasteiger partial charge in [-0.05, 0) is 19.1 Å². The van der Waals surface area contributed by atoms with Crippen molar-refractivity contribution in [2.24, 2.45) is 0 Å². The molecule has 114 valence electrons. The molecule has 2 N–H and O–H groups in total. The van der Waals surface area contributed by atoms with Crippen molar-refractivity contribution in [1.29, 1.82) is 0 Å². The smallest absolute Gasteiger partial charge is 0.340 e. The summed E-state index contributed by atoms with van der Waals surface area (Å²) in [5, 5.41) is 3.66. The van der Waals surface area contributed by atoms with E-state index >= 15 is 0 Å². The standard InChI is InChI=1S/C12H11ClF2N2O4/c1-5(10(18)17-12(20)16-2)21-11(19)6-3-8(14)9(15)4-7(6)13/h3-5H,1-2H3,(H2,16,17,18,20)/t5-/m1/s1. The van der Waals surface area contributed by atoms with Crippen LogP contribution in [0.2, 0.25) is 5.02 Å². The van der Waals surface area contributed by atoms with Crippen LogP contribution in [0.1, 0.15) is 17.3 Å². The van der Waals surface area contributed by atoms with Gasteiger partial charge in [0.15, 0.2) is 17.7 Å². The predicted octanol–water partition coefficient (Wildman–Crippen LogP) is 1.62. The molecule has 21 heavy (non-hydrogen) atoms. The molecule has 0 aliphatic heterocycles. The molecule has 1 rings (SSSR count). The number of urea groups is 1. The van der Waals surface area contributed by atoms with Gasteiger partial charge < -0.3 is 10.1 Å². The summed E-state index contributed by atoms with van der Waals surface area (Å²) < 4.78 is 30.7. The van der Waals surface area contributed by atoms with Crippen molar-refractivity contribution in [3.05, 3.63) is 34.4 Å². The quantitative estimate of drug-likeness (QED) is 0.654. The molecule has 0 heterocycles. The number of amides is 3. The number of imide groups is 1. The van der Waals surface area contributed by atoms with Crippen LogP contribution < -0.4 is 10.6 Å². The minimum absolute atomic E-state index is 0.363. The fraction of sp³-hybridized carbons (Fsp3) is 0.250. The zero-order chi connectivity index (χ0) is 16.2. The lowest BCUT2D eigenvalue weighted by atomic mass is 10.2. The number of hydrogen-bond acceptors (Lipinski definition) is 4. The molecule has 0 fully saturated rings. The molecule has 0 aliphatic carbocycles. The first-order valence-corrected chi connectivity index (χ1v) is 6.02. The van der Waals surface area contributed by atoms with Gasteiger partial charge in [0.1, 0.15) is 0 Å². The second-order valence-electron chi connectivity index (χ2n) is 3.86. The van der Waals surface area contributed by atoms with E-state index in [2.05, 4.69) is 5.32 Å². The van der Waals surface area contributed by atoms with E-state index in [1.165, 1.54) is 14.0 Å². The van der Waals surface area contributed by atoms with Crippen molar-refractivity contribution in [3.8, 4) is 0 Å². The molecule has 1 atom stereocenters. The van der Waals surface area contributed by atoms with E-state index in [4.69, 9.17) is 16.3 Å². The topological polar surface area (TPSA) is 84.5 Å². The third kappa shape index (κ3) is 4.38. The lowest BCUT2D eigenvalue weighted by Gasteiger charge is -2.13. The van der Waals surface area contributed by atoms with E-state index in [-0.39, 0.29) is 5.02 Å². The molecule has 9 heteroatoms. The number of hydrogen-bond donors (Lipinski definition) is 2. The van der Waals surface area contributed by atoms with Crippen molar-refractivity contribution >= 4 is 29.5 Å². The van der Waals surface area contributed by atoms with Crippen molar-refractivity contribution < 1.29 is 27.9 Å². The van der Waals surface area contributed by atoms with Crippen LogP contribution in [0.25, 0.3) is 0 Å². The first-order valence-electron chi connectivity index (χ1n) is 5.64. The molecule has 6 nitrogen and oxygen atoms in total. The number of rotatable bonds is 3. The monoisotopic (exact) mass is 320 g/mol. The molecule has 0 bridgehead atoms. The molecule has 1 aromatic carbocycles. The Morgan fingerprint density at radius 2 is 1.81 bits per heavy atom. The predicted molar refractivity (Wildman–Crippen MR) is 68.8 cm³/mol. The van der Waals surface area contributed by atoms with Crippen molar-refractivity contribution in [2.45, 2.75) is 13.0 Å². The number of esters is 1. The second kappa shape index (κ2) is 6.98. The molecule has 1 aromatic rings. The Morgan fingerprint density at radius 3 is 2.38 bits per heavy atom. The Hall–Kier alpha value is -2.22. The molecular weight excluding hydrogens is 310 g/mol. The fourth-order valence-corrected chi connectivity index (χ4v) is 1.46. The van der Waals surface area contributed by atoms with Gasteiger partial charge in [-0.15, -0.1) is 0 Å². The second-order valence-corrected chi connectivity index (χ2v) is 4.27. The first-order chi connectivity index (χ1) is 9.76. The summed E-state index contributed by atoms with van der Waals surface area (Å²) in [4.78, 5) is 34.1. The Labute approximate surface area is 123 Å². The van der Waals surface area contributed by atoms with Crippen LogP contribution >= 0.6 is 11.6 Å². The molecule has 3 amide bonds. The Morgan fingerprint density at radius 1 is 1.24 bits per heavy atom. The Kier molecular flexibility index (Phi) is 5.60. The van der Waals surface area contributed by atoms with Crippen LogP contribution in [-0.4, -0.2) is 31.1 Å². The van der Waals surface area contributed by atoms with Crippen LogP contribution in [-0.2, 0) is 9.53 Å². The summed E-state index contributed by atoms with van der Waals surface area (Å²) in [5.41, 5.74) is -0.435. The van der Waals surface area contributed by atoms with Gasteiger partial charge in [-0.3, -0.25) is 10.1 Å². The summed E-state index contributed by atoms with van der Waals surface area (Å²) in [6.45, 7) is 1.20. The largest absolute Gasteiger partial charge is 0.449 e.